The van der Waals surface area contributed by atoms with E-state index in [-0.39, 0.29) is 12.8 Å². The molecule has 5 aliphatic heterocycles. The van der Waals surface area contributed by atoms with Crippen LogP contribution in [-0.4, -0.2) is 54.7 Å². The van der Waals surface area contributed by atoms with Crippen LogP contribution in [0.3, 0.4) is 0 Å². The number of rotatable bonds is 8. The average molecular weight is 693 g/mol. The lowest BCUT2D eigenvalue weighted by Crippen LogP contribution is -2.16. The minimum Gasteiger partial charge on any atom is -0.324 e. The van der Waals surface area contributed by atoms with Crippen LogP contribution in [0.15, 0.2) is 138 Å². The fourth-order valence-corrected chi connectivity index (χ4v) is 6.95. The van der Waals surface area contributed by atoms with Crippen LogP contribution in [0, 0.1) is 5.92 Å². The summed E-state index contributed by atoms with van der Waals surface area (Å²) in [5.41, 5.74) is 7.50. The highest BCUT2D eigenvalue weighted by molar-refractivity contribution is 9.10. The second-order valence-corrected chi connectivity index (χ2v) is 15.1. The van der Waals surface area contributed by atoms with Crippen LogP contribution in [0.4, 0.5) is 0 Å². The third kappa shape index (κ3) is 7.28. The number of halogens is 1. The zero-order valence-electron chi connectivity index (χ0n) is 23.2. The predicted molar refractivity (Wildman–Crippen MR) is 177 cm³/mol. The first-order chi connectivity index (χ1) is 20.9. The van der Waals surface area contributed by atoms with Gasteiger partial charge in [-0.2, -0.15) is 0 Å². The lowest BCUT2D eigenvalue weighted by molar-refractivity contribution is 0.363. The molecule has 0 saturated carbocycles. The van der Waals surface area contributed by atoms with Crippen LogP contribution in [0.1, 0.15) is 18.4 Å². The second-order valence-electron chi connectivity index (χ2n) is 10.7. The van der Waals surface area contributed by atoms with Crippen molar-refractivity contribution in [3.8, 4) is 0 Å². The van der Waals surface area contributed by atoms with Gasteiger partial charge in [0.15, 0.2) is 0 Å². The molecule has 0 saturated heterocycles. The number of aliphatic imine (C=N–C) groups is 4. The maximum absolute atomic E-state index is 11.8. The first kappa shape index (κ1) is 30.6. The molecule has 10 nitrogen and oxygen atoms in total. The van der Waals surface area contributed by atoms with E-state index >= 15 is 0 Å². The number of hydrogen-bond acceptors (Lipinski definition) is 6. The lowest BCUT2D eigenvalue weighted by atomic mass is 9.88. The van der Waals surface area contributed by atoms with Crippen molar-refractivity contribution in [1.82, 2.24) is 0 Å². The highest BCUT2D eigenvalue weighted by Crippen LogP contribution is 2.43. The van der Waals surface area contributed by atoms with Gasteiger partial charge in [-0.3, -0.25) is 9.13 Å². The second kappa shape index (κ2) is 12.2. The number of hydrogen-bond donors (Lipinski definition) is 4. The van der Waals surface area contributed by atoms with Crippen molar-refractivity contribution < 1.29 is 28.7 Å². The summed E-state index contributed by atoms with van der Waals surface area (Å²) < 4.78 is 24.6. The van der Waals surface area contributed by atoms with Gasteiger partial charge in [-0.05, 0) is 97.2 Å². The average Bonchev–Trinajstić information content (AvgIpc) is 3.76. The molecule has 0 radical (unpaired) electrons. The molecular weight excluding hydrogens is 666 g/mol. The quantitative estimate of drug-likeness (QED) is 0.244. The zero-order chi connectivity index (χ0) is 31.1. The Morgan fingerprint density at radius 2 is 1.16 bits per heavy atom. The van der Waals surface area contributed by atoms with E-state index in [0.29, 0.717) is 39.8 Å². The molecule has 0 amide bonds. The van der Waals surface area contributed by atoms with E-state index in [9.17, 15) is 28.7 Å². The summed E-state index contributed by atoms with van der Waals surface area (Å²) in [7, 11) is -8.77. The van der Waals surface area contributed by atoms with Gasteiger partial charge in [0.25, 0.3) is 0 Å². The molecule has 1 aromatic rings. The molecule has 8 bridgehead atoms. The smallest absolute Gasteiger partial charge is 0.324 e. The molecule has 13 heteroatoms. The highest BCUT2D eigenvalue weighted by Gasteiger charge is 2.29. The Morgan fingerprint density at radius 1 is 0.636 bits per heavy atom. The van der Waals surface area contributed by atoms with Crippen LogP contribution in [0.2, 0.25) is 0 Å². The molecule has 0 spiro atoms. The molecule has 5 aliphatic rings. The van der Waals surface area contributed by atoms with E-state index in [1.807, 2.05) is 72.9 Å². The molecule has 6 rings (SSSR count). The van der Waals surface area contributed by atoms with Gasteiger partial charge in [0.2, 0.25) is 0 Å². The van der Waals surface area contributed by atoms with Gasteiger partial charge in [0, 0.05) is 15.6 Å². The summed E-state index contributed by atoms with van der Waals surface area (Å²) in [6.07, 6.45) is 17.6. The maximum atomic E-state index is 11.8. The Labute approximate surface area is 262 Å². The van der Waals surface area contributed by atoms with E-state index < -0.39 is 33.4 Å². The third-order valence-electron chi connectivity index (χ3n) is 7.38. The molecule has 44 heavy (non-hydrogen) atoms. The largest absolute Gasteiger partial charge is 0.325 e. The van der Waals surface area contributed by atoms with E-state index in [1.165, 1.54) is 0 Å². The molecule has 0 aliphatic carbocycles. The maximum Gasteiger partial charge on any atom is 0.325 e. The summed E-state index contributed by atoms with van der Waals surface area (Å²) in [4.78, 5) is 57.9. The van der Waals surface area contributed by atoms with Crippen molar-refractivity contribution in [3.63, 3.8) is 0 Å². The van der Waals surface area contributed by atoms with Crippen molar-refractivity contribution in [3.05, 3.63) is 123 Å². The fourth-order valence-electron chi connectivity index (χ4n) is 5.39. The summed E-state index contributed by atoms with van der Waals surface area (Å²) in [6.45, 7) is 0. The Morgan fingerprint density at radius 3 is 1.75 bits per heavy atom. The van der Waals surface area contributed by atoms with Crippen molar-refractivity contribution in [2.75, 3.05) is 12.3 Å². The highest BCUT2D eigenvalue weighted by atomic mass is 79.9. The molecule has 0 atom stereocenters. The first-order valence-corrected chi connectivity index (χ1v) is 18.1. The Balaban J connectivity index is 1.49. The molecule has 224 valence electrons. The minimum atomic E-state index is -4.38. The monoisotopic (exact) mass is 692 g/mol. The van der Waals surface area contributed by atoms with Crippen molar-refractivity contribution in [2.45, 2.75) is 12.8 Å². The van der Waals surface area contributed by atoms with Crippen LogP contribution in [0.25, 0.3) is 5.57 Å². The zero-order valence-corrected chi connectivity index (χ0v) is 26.5. The van der Waals surface area contributed by atoms with E-state index in [4.69, 9.17) is 20.0 Å². The van der Waals surface area contributed by atoms with Crippen LogP contribution >= 0.6 is 31.1 Å². The SMILES string of the molecule is O=P(O)(O)CCC(CCP(=O)(O)O)C1=C2C=CC(=N2)C=C2C=CC(=N2)C(c2ccc(Br)cc2)=C2C=CC(=N2)C=C2C=CC1=N2. The van der Waals surface area contributed by atoms with Crippen molar-refractivity contribution in [1.29, 1.82) is 0 Å². The lowest BCUT2D eigenvalue weighted by Gasteiger charge is -2.22. The van der Waals surface area contributed by atoms with Gasteiger partial charge in [0.05, 0.1) is 58.0 Å². The van der Waals surface area contributed by atoms with Gasteiger partial charge < -0.3 is 19.6 Å². The van der Waals surface area contributed by atoms with Gasteiger partial charge in [-0.1, -0.05) is 28.1 Å². The van der Waals surface area contributed by atoms with E-state index in [2.05, 4.69) is 15.9 Å². The van der Waals surface area contributed by atoms with Gasteiger partial charge in [-0.15, -0.1) is 0 Å². The molecule has 4 N–H and O–H groups in total. The van der Waals surface area contributed by atoms with E-state index in [0.717, 1.165) is 27.0 Å². The van der Waals surface area contributed by atoms with Gasteiger partial charge >= 0.3 is 15.2 Å². The Bertz CT molecular complexity index is 1880. The Kier molecular flexibility index (Phi) is 8.48. The van der Waals surface area contributed by atoms with Crippen LogP contribution in [-0.2, 0) is 9.13 Å². The number of allylic oxidation sites excluding steroid dienone is 12. The summed E-state index contributed by atoms with van der Waals surface area (Å²) >= 11 is 3.50. The normalized spacial score (nSPS) is 19.1. The topological polar surface area (TPSA) is 164 Å². The Hall–Kier alpha value is -3.40. The first-order valence-electron chi connectivity index (χ1n) is 13.7. The standard InChI is InChI=1S/C31H27BrN4O6P2/c32-21-3-1-19(2-4-21)30-26-9-5-22(33-26)17-24-7-11-28(35-24)31(20(13-15-43(37,38)39)14-16-44(40,41)42)29-12-8-25(36-29)18-23-6-10-27(30)34-23/h1-12,17-18,20H,13-16H2,(H2,37,38,39)(H2,40,41,42). The van der Waals surface area contributed by atoms with Crippen LogP contribution in [0.5, 0.6) is 0 Å². The van der Waals surface area contributed by atoms with Crippen LogP contribution < -0.4 is 0 Å². The van der Waals surface area contributed by atoms with Gasteiger partial charge in [-0.25, -0.2) is 20.0 Å². The van der Waals surface area contributed by atoms with E-state index in [1.54, 1.807) is 12.2 Å². The summed E-state index contributed by atoms with van der Waals surface area (Å²) in [5.74, 6) is -0.630. The molecular formula is C31H27BrN4O6P2. The minimum absolute atomic E-state index is 0.00632. The molecule has 5 heterocycles. The number of fused-ring (bicyclic) bond motifs is 4. The fraction of sp³-hybridized carbons (Fsp3) is 0.161. The predicted octanol–water partition coefficient (Wildman–Crippen LogP) is 5.99. The van der Waals surface area contributed by atoms with Crippen molar-refractivity contribution in [2.24, 2.45) is 25.9 Å². The molecule has 1 aromatic carbocycles. The third-order valence-corrected chi connectivity index (χ3v) is 9.59. The van der Waals surface area contributed by atoms with Crippen molar-refractivity contribution >= 4 is 59.5 Å². The molecule has 0 fully saturated rings. The molecule has 0 aromatic heterocycles. The summed E-state index contributed by atoms with van der Waals surface area (Å²) in [6, 6.07) is 7.96. The summed E-state index contributed by atoms with van der Waals surface area (Å²) in [5, 5.41) is 0. The number of benzene rings is 1. The van der Waals surface area contributed by atoms with Gasteiger partial charge in [0.1, 0.15) is 0 Å². The molecule has 0 unspecified atom stereocenters. The number of nitrogens with zero attached hydrogens (tertiary/aromatic N) is 4.